The normalized spacial score (nSPS) is 23.6. The molecule has 1 heterocycles. The van der Waals surface area contributed by atoms with Gasteiger partial charge in [0.05, 0.1) is 0 Å². The molecule has 0 aromatic heterocycles. The Hall–Kier alpha value is -2.16. The molecule has 3 nitrogen and oxygen atoms in total. The lowest BCUT2D eigenvalue weighted by atomic mass is 9.85. The van der Waals surface area contributed by atoms with Gasteiger partial charge >= 0.3 is 0 Å². The van der Waals surface area contributed by atoms with Gasteiger partial charge in [0.1, 0.15) is 0 Å². The monoisotopic (exact) mass is 239 g/mol. The van der Waals surface area contributed by atoms with E-state index in [0.717, 1.165) is 11.1 Å². The largest absolute Gasteiger partial charge is 0.398 e. The van der Waals surface area contributed by atoms with Crippen LogP contribution in [0.4, 0.5) is 0 Å². The first-order valence-electron chi connectivity index (χ1n) is 5.99. The number of allylic oxidation sites excluding steroid dienone is 2. The molecule has 2 unspecified atom stereocenters. The van der Waals surface area contributed by atoms with Gasteiger partial charge in [-0.1, -0.05) is 43.3 Å². The van der Waals surface area contributed by atoms with E-state index in [2.05, 4.69) is 11.9 Å². The third-order valence-corrected chi connectivity index (χ3v) is 3.18. The summed E-state index contributed by atoms with van der Waals surface area (Å²) in [4.78, 5) is 4.11. The van der Waals surface area contributed by atoms with E-state index in [1.54, 1.807) is 6.20 Å². The summed E-state index contributed by atoms with van der Waals surface area (Å²) >= 11 is 0. The van der Waals surface area contributed by atoms with Crippen molar-refractivity contribution in [2.75, 3.05) is 0 Å². The molecule has 1 aromatic rings. The molecule has 3 heteroatoms. The number of rotatable bonds is 3. The highest BCUT2D eigenvalue weighted by Gasteiger charge is 2.21. The molecular formula is C15H17N3. The zero-order valence-electron chi connectivity index (χ0n) is 10.4. The minimum atomic E-state index is 0.125. The Morgan fingerprint density at radius 1 is 1.33 bits per heavy atom. The maximum absolute atomic E-state index is 7.62. The summed E-state index contributed by atoms with van der Waals surface area (Å²) in [5, 5.41) is 7.62. The van der Waals surface area contributed by atoms with E-state index in [9.17, 15) is 0 Å². The topological polar surface area (TPSA) is 62.2 Å². The van der Waals surface area contributed by atoms with Crippen molar-refractivity contribution in [2.45, 2.75) is 6.92 Å². The Balaban J connectivity index is 2.41. The van der Waals surface area contributed by atoms with Gasteiger partial charge < -0.3 is 11.1 Å². The summed E-state index contributed by atoms with van der Waals surface area (Å²) in [6.07, 6.45) is 7.02. The predicted octanol–water partition coefficient (Wildman–Crippen LogP) is 2.86. The Labute approximate surface area is 107 Å². The van der Waals surface area contributed by atoms with Crippen molar-refractivity contribution in [2.24, 2.45) is 22.6 Å². The zero-order chi connectivity index (χ0) is 13.0. The van der Waals surface area contributed by atoms with Gasteiger partial charge in [-0.15, -0.1) is 0 Å². The predicted molar refractivity (Wildman–Crippen MR) is 76.6 cm³/mol. The SMILES string of the molecule is CC1C=NC=CC1/C(C=N)=C(/N)c1ccccc1. The minimum absolute atomic E-state index is 0.125. The number of hydrogen-bond acceptors (Lipinski definition) is 3. The molecule has 2 rings (SSSR count). The fourth-order valence-electron chi connectivity index (χ4n) is 2.12. The molecule has 0 radical (unpaired) electrons. The van der Waals surface area contributed by atoms with Gasteiger partial charge in [-0.25, -0.2) is 0 Å². The fourth-order valence-corrected chi connectivity index (χ4v) is 2.12. The van der Waals surface area contributed by atoms with Crippen molar-refractivity contribution in [3.8, 4) is 0 Å². The van der Waals surface area contributed by atoms with Gasteiger partial charge in [-0.05, 0) is 5.56 Å². The molecule has 0 bridgehead atoms. The molecule has 92 valence electrons. The lowest BCUT2D eigenvalue weighted by molar-refractivity contribution is 0.637. The van der Waals surface area contributed by atoms with Crippen molar-refractivity contribution >= 4 is 18.1 Å². The molecule has 0 spiro atoms. The number of aliphatic imine (C=N–C) groups is 1. The Morgan fingerprint density at radius 2 is 2.06 bits per heavy atom. The van der Waals surface area contributed by atoms with Crippen LogP contribution in [-0.4, -0.2) is 12.4 Å². The van der Waals surface area contributed by atoms with Crippen molar-refractivity contribution in [1.82, 2.24) is 0 Å². The molecule has 0 amide bonds. The third kappa shape index (κ3) is 2.40. The van der Waals surface area contributed by atoms with E-state index in [4.69, 9.17) is 11.1 Å². The minimum Gasteiger partial charge on any atom is -0.398 e. The van der Waals surface area contributed by atoms with Crippen LogP contribution in [0, 0.1) is 17.2 Å². The van der Waals surface area contributed by atoms with Crippen molar-refractivity contribution in [3.63, 3.8) is 0 Å². The van der Waals surface area contributed by atoms with E-state index < -0.39 is 0 Å². The number of nitrogens with two attached hydrogens (primary N) is 1. The van der Waals surface area contributed by atoms with Crippen LogP contribution >= 0.6 is 0 Å². The number of benzene rings is 1. The molecule has 0 saturated carbocycles. The van der Waals surface area contributed by atoms with Crippen molar-refractivity contribution < 1.29 is 0 Å². The first kappa shape index (κ1) is 12.3. The number of nitrogens with zero attached hydrogens (tertiary/aromatic N) is 1. The first-order valence-corrected chi connectivity index (χ1v) is 5.99. The van der Waals surface area contributed by atoms with Gasteiger partial charge in [0, 0.05) is 41.7 Å². The van der Waals surface area contributed by atoms with Crippen LogP contribution in [0.15, 0.2) is 53.2 Å². The molecule has 1 aliphatic heterocycles. The summed E-state index contributed by atoms with van der Waals surface area (Å²) < 4.78 is 0. The van der Waals surface area contributed by atoms with E-state index >= 15 is 0 Å². The molecular weight excluding hydrogens is 222 g/mol. The van der Waals surface area contributed by atoms with Crippen molar-refractivity contribution in [1.29, 1.82) is 5.41 Å². The lowest BCUT2D eigenvalue weighted by Crippen LogP contribution is -2.19. The smallest absolute Gasteiger partial charge is 0.0441 e. The highest BCUT2D eigenvalue weighted by atomic mass is 14.7. The average molecular weight is 239 g/mol. The molecule has 2 atom stereocenters. The van der Waals surface area contributed by atoms with E-state index in [1.807, 2.05) is 42.6 Å². The van der Waals surface area contributed by atoms with Crippen molar-refractivity contribution in [3.05, 3.63) is 53.7 Å². The third-order valence-electron chi connectivity index (χ3n) is 3.18. The van der Waals surface area contributed by atoms with E-state index in [-0.39, 0.29) is 11.8 Å². The van der Waals surface area contributed by atoms with Crippen LogP contribution in [0.25, 0.3) is 5.70 Å². The van der Waals surface area contributed by atoms with E-state index in [1.165, 1.54) is 6.21 Å². The zero-order valence-corrected chi connectivity index (χ0v) is 10.4. The van der Waals surface area contributed by atoms with Gasteiger partial charge in [0.25, 0.3) is 0 Å². The number of nitrogens with one attached hydrogen (secondary N) is 1. The standard InChI is InChI=1S/C15H17N3/c1-11-10-18-8-7-13(11)14(9-16)15(17)12-5-3-2-4-6-12/h2-11,13,16H,17H2,1H3/b15-14+,16-9?. The molecule has 1 aliphatic rings. The average Bonchev–Trinajstić information content (AvgIpc) is 2.42. The molecule has 0 fully saturated rings. The molecule has 18 heavy (non-hydrogen) atoms. The van der Waals surface area contributed by atoms with Crippen LogP contribution in [0.5, 0.6) is 0 Å². The maximum atomic E-state index is 7.62. The summed E-state index contributed by atoms with van der Waals surface area (Å²) in [6.45, 7) is 2.08. The number of hydrogen-bond donors (Lipinski definition) is 2. The Bertz CT molecular complexity index is 512. The molecule has 3 N–H and O–H groups in total. The molecule has 0 aliphatic carbocycles. The first-order chi connectivity index (χ1) is 8.74. The fraction of sp³-hybridized carbons (Fsp3) is 0.200. The van der Waals surface area contributed by atoms with Crippen LogP contribution in [0.2, 0.25) is 0 Å². The van der Waals surface area contributed by atoms with Gasteiger partial charge in [0.15, 0.2) is 0 Å². The summed E-state index contributed by atoms with van der Waals surface area (Å²) in [7, 11) is 0. The summed E-state index contributed by atoms with van der Waals surface area (Å²) in [6, 6.07) is 9.78. The van der Waals surface area contributed by atoms with Gasteiger partial charge in [-0.3, -0.25) is 4.99 Å². The molecule has 0 saturated heterocycles. The summed E-state index contributed by atoms with van der Waals surface area (Å²) in [5.74, 6) is 0.383. The van der Waals surface area contributed by atoms with Crippen LogP contribution < -0.4 is 5.73 Å². The van der Waals surface area contributed by atoms with Gasteiger partial charge in [0.2, 0.25) is 0 Å². The quantitative estimate of drug-likeness (QED) is 0.783. The van der Waals surface area contributed by atoms with Crippen LogP contribution in [0.1, 0.15) is 12.5 Å². The van der Waals surface area contributed by atoms with Gasteiger partial charge in [-0.2, -0.15) is 0 Å². The van der Waals surface area contributed by atoms with E-state index in [0.29, 0.717) is 5.70 Å². The Kier molecular flexibility index (Phi) is 3.72. The second kappa shape index (κ2) is 5.45. The second-order valence-electron chi connectivity index (χ2n) is 4.40. The maximum Gasteiger partial charge on any atom is 0.0441 e. The highest BCUT2D eigenvalue weighted by Crippen LogP contribution is 2.27. The summed E-state index contributed by atoms with van der Waals surface area (Å²) in [5.41, 5.74) is 8.66. The lowest BCUT2D eigenvalue weighted by Gasteiger charge is -2.22. The highest BCUT2D eigenvalue weighted by molar-refractivity contribution is 5.90. The van der Waals surface area contributed by atoms with Crippen LogP contribution in [-0.2, 0) is 0 Å². The Morgan fingerprint density at radius 3 is 2.67 bits per heavy atom. The molecule has 1 aromatic carbocycles. The second-order valence-corrected chi connectivity index (χ2v) is 4.40. The van der Waals surface area contributed by atoms with Crippen LogP contribution in [0.3, 0.4) is 0 Å².